The molecule has 7 nitrogen and oxygen atoms in total. The topological polar surface area (TPSA) is 83.5 Å². The Morgan fingerprint density at radius 3 is 2.10 bits per heavy atom. The summed E-state index contributed by atoms with van der Waals surface area (Å²) in [6.07, 6.45) is -0.0663. The Morgan fingerprint density at radius 2 is 1.71 bits per heavy atom. The highest BCUT2D eigenvalue weighted by Crippen LogP contribution is 2.39. The van der Waals surface area contributed by atoms with Crippen molar-refractivity contribution in [1.82, 2.24) is 0 Å². The average Bonchev–Trinajstić information content (AvgIpc) is 2.50. The molecule has 1 aromatic rings. The number of carbonyl (C=O) groups is 1. The van der Waals surface area contributed by atoms with Crippen molar-refractivity contribution in [2.45, 2.75) is 12.7 Å². The van der Waals surface area contributed by atoms with Crippen molar-refractivity contribution >= 4 is 5.97 Å². The summed E-state index contributed by atoms with van der Waals surface area (Å²) in [5, 5.41) is 9.07. The van der Waals surface area contributed by atoms with E-state index in [1.165, 1.54) is 33.5 Å². The lowest BCUT2D eigenvalue weighted by atomic mass is 10.2. The number of hydrogen-bond acceptors (Lipinski definition) is 6. The van der Waals surface area contributed by atoms with E-state index in [1.54, 1.807) is 7.11 Å². The minimum Gasteiger partial charge on any atom is -0.493 e. The molecule has 118 valence electrons. The second kappa shape index (κ2) is 8.33. The van der Waals surface area contributed by atoms with Gasteiger partial charge in [-0.1, -0.05) is 0 Å². The Morgan fingerprint density at radius 1 is 1.14 bits per heavy atom. The highest BCUT2D eigenvalue weighted by atomic mass is 16.7. The zero-order valence-electron chi connectivity index (χ0n) is 12.5. The number of rotatable bonds is 9. The molecule has 0 heterocycles. The van der Waals surface area contributed by atoms with Crippen molar-refractivity contribution in [2.75, 3.05) is 35.0 Å². The van der Waals surface area contributed by atoms with Crippen molar-refractivity contribution in [3.05, 3.63) is 17.7 Å². The molecule has 0 saturated heterocycles. The molecule has 1 N–H and O–H groups in total. The van der Waals surface area contributed by atoms with Crippen LogP contribution in [-0.4, -0.2) is 52.4 Å². The van der Waals surface area contributed by atoms with Gasteiger partial charge in [-0.05, 0) is 12.1 Å². The summed E-state index contributed by atoms with van der Waals surface area (Å²) in [5.41, 5.74) is 0.0434. The third-order valence-electron chi connectivity index (χ3n) is 2.78. The average molecular weight is 300 g/mol. The van der Waals surface area contributed by atoms with E-state index in [0.29, 0.717) is 13.0 Å². The first-order valence-corrected chi connectivity index (χ1v) is 6.25. The van der Waals surface area contributed by atoms with Crippen molar-refractivity contribution < 1.29 is 33.6 Å². The maximum absolute atomic E-state index is 11.1. The molecule has 1 rings (SSSR count). The minimum atomic E-state index is -1.08. The molecule has 1 aromatic carbocycles. The van der Waals surface area contributed by atoms with E-state index in [1.807, 2.05) is 0 Å². The Bertz CT molecular complexity index is 447. The molecule has 7 heteroatoms. The molecule has 0 radical (unpaired) electrons. The minimum absolute atomic E-state index is 0.0434. The van der Waals surface area contributed by atoms with Gasteiger partial charge in [0, 0.05) is 20.6 Å². The van der Waals surface area contributed by atoms with E-state index in [0.717, 1.165) is 0 Å². The summed E-state index contributed by atoms with van der Waals surface area (Å²) in [4.78, 5) is 11.1. The maximum Gasteiger partial charge on any atom is 0.335 e. The summed E-state index contributed by atoms with van der Waals surface area (Å²) in [5.74, 6) is -0.286. The van der Waals surface area contributed by atoms with E-state index < -0.39 is 12.3 Å². The van der Waals surface area contributed by atoms with Crippen LogP contribution in [0.3, 0.4) is 0 Å². The second-order valence-electron chi connectivity index (χ2n) is 4.08. The van der Waals surface area contributed by atoms with Crippen LogP contribution in [0.2, 0.25) is 0 Å². The van der Waals surface area contributed by atoms with Crippen LogP contribution in [0.15, 0.2) is 12.1 Å². The van der Waals surface area contributed by atoms with E-state index in [9.17, 15) is 4.79 Å². The van der Waals surface area contributed by atoms with Crippen LogP contribution in [-0.2, 0) is 9.47 Å². The largest absolute Gasteiger partial charge is 0.493 e. The van der Waals surface area contributed by atoms with Gasteiger partial charge in [0.2, 0.25) is 12.0 Å². The zero-order chi connectivity index (χ0) is 15.8. The fourth-order valence-electron chi connectivity index (χ4n) is 1.69. The van der Waals surface area contributed by atoms with E-state index >= 15 is 0 Å². The molecule has 0 saturated carbocycles. The first kappa shape index (κ1) is 17.1. The number of methoxy groups -OCH3 is 4. The van der Waals surface area contributed by atoms with Gasteiger partial charge in [-0.2, -0.15) is 0 Å². The number of carboxylic acids is 1. The van der Waals surface area contributed by atoms with Gasteiger partial charge in [-0.3, -0.25) is 0 Å². The predicted octanol–water partition coefficient (Wildman–Crippen LogP) is 1.79. The van der Waals surface area contributed by atoms with Crippen LogP contribution in [0.4, 0.5) is 0 Å². The van der Waals surface area contributed by atoms with E-state index in [4.69, 9.17) is 28.8 Å². The zero-order valence-corrected chi connectivity index (χ0v) is 12.5. The number of carboxylic acid groups (broad SMARTS) is 1. The van der Waals surface area contributed by atoms with Crippen molar-refractivity contribution in [3.63, 3.8) is 0 Å². The number of aromatic carboxylic acids is 1. The van der Waals surface area contributed by atoms with Gasteiger partial charge in [-0.15, -0.1) is 0 Å². The molecule has 1 atom stereocenters. The van der Waals surface area contributed by atoms with Crippen LogP contribution in [0, 0.1) is 0 Å². The molecule has 21 heavy (non-hydrogen) atoms. The predicted molar refractivity (Wildman–Crippen MR) is 74.4 cm³/mol. The number of hydrogen-bond donors (Lipinski definition) is 1. The standard InChI is InChI=1S/C14H20O7/c1-17-6-5-12(20-4)21-13-10(18-2)7-9(14(15)16)8-11(13)19-3/h7-8,12H,5-6H2,1-4H3,(H,15,16). The molecule has 0 amide bonds. The first-order valence-electron chi connectivity index (χ1n) is 6.25. The summed E-state index contributed by atoms with van der Waals surface area (Å²) < 4.78 is 26.2. The Labute approximate surface area is 123 Å². The molecular weight excluding hydrogens is 280 g/mol. The second-order valence-corrected chi connectivity index (χ2v) is 4.08. The van der Waals surface area contributed by atoms with Gasteiger partial charge in [0.15, 0.2) is 11.5 Å². The van der Waals surface area contributed by atoms with E-state index in [2.05, 4.69) is 0 Å². The number of benzene rings is 1. The molecule has 0 aliphatic heterocycles. The monoisotopic (exact) mass is 300 g/mol. The SMILES string of the molecule is COCCC(OC)Oc1c(OC)cc(C(=O)O)cc1OC. The fourth-order valence-corrected chi connectivity index (χ4v) is 1.69. The maximum atomic E-state index is 11.1. The molecule has 0 fully saturated rings. The van der Waals surface area contributed by atoms with Crippen molar-refractivity contribution in [2.24, 2.45) is 0 Å². The van der Waals surface area contributed by atoms with Gasteiger partial charge in [-0.25, -0.2) is 4.79 Å². The van der Waals surface area contributed by atoms with Crippen LogP contribution >= 0.6 is 0 Å². The summed E-state index contributed by atoms with van der Waals surface area (Å²) in [7, 11) is 5.93. The van der Waals surface area contributed by atoms with Crippen molar-refractivity contribution in [3.8, 4) is 17.2 Å². The van der Waals surface area contributed by atoms with Crippen LogP contribution in [0.25, 0.3) is 0 Å². The lowest BCUT2D eigenvalue weighted by Gasteiger charge is -2.21. The van der Waals surface area contributed by atoms with Gasteiger partial charge in [0.25, 0.3) is 0 Å². The van der Waals surface area contributed by atoms with Gasteiger partial charge < -0.3 is 28.8 Å². The normalized spacial score (nSPS) is 11.8. The third-order valence-corrected chi connectivity index (χ3v) is 2.78. The number of ether oxygens (including phenoxy) is 5. The highest BCUT2D eigenvalue weighted by molar-refractivity contribution is 5.89. The highest BCUT2D eigenvalue weighted by Gasteiger charge is 2.20. The quantitative estimate of drug-likeness (QED) is 0.696. The van der Waals surface area contributed by atoms with Crippen LogP contribution in [0.1, 0.15) is 16.8 Å². The molecule has 0 bridgehead atoms. The summed E-state index contributed by atoms with van der Waals surface area (Å²) in [6.45, 7) is 0.455. The molecule has 0 aliphatic rings. The van der Waals surface area contributed by atoms with Gasteiger partial charge in [0.05, 0.1) is 26.4 Å². The summed E-state index contributed by atoms with van der Waals surface area (Å²) in [6, 6.07) is 2.73. The molecule has 0 spiro atoms. The molecule has 0 aliphatic carbocycles. The summed E-state index contributed by atoms with van der Waals surface area (Å²) >= 11 is 0. The first-order chi connectivity index (χ1) is 10.1. The third kappa shape index (κ3) is 4.51. The van der Waals surface area contributed by atoms with E-state index in [-0.39, 0.29) is 22.8 Å². The van der Waals surface area contributed by atoms with Crippen LogP contribution in [0.5, 0.6) is 17.2 Å². The smallest absolute Gasteiger partial charge is 0.335 e. The Balaban J connectivity index is 3.11. The molecule has 1 unspecified atom stereocenters. The van der Waals surface area contributed by atoms with Crippen molar-refractivity contribution in [1.29, 1.82) is 0 Å². The van der Waals surface area contributed by atoms with Crippen LogP contribution < -0.4 is 14.2 Å². The fraction of sp³-hybridized carbons (Fsp3) is 0.500. The molecule has 0 aromatic heterocycles. The Hall–Kier alpha value is -1.99. The molecular formula is C14H20O7. The van der Waals surface area contributed by atoms with Gasteiger partial charge in [0.1, 0.15) is 0 Å². The lowest BCUT2D eigenvalue weighted by molar-refractivity contribution is -0.0705. The lowest BCUT2D eigenvalue weighted by Crippen LogP contribution is -2.21. The van der Waals surface area contributed by atoms with Gasteiger partial charge >= 0.3 is 5.97 Å². The Kier molecular flexibility index (Phi) is 6.77.